The van der Waals surface area contributed by atoms with E-state index < -0.39 is 0 Å². The standard InChI is InChI=1S/C28H33BrIN9OS/c1-6-40-24-17-19(38-15-13-35(2)14-16-38)7-9-22(24)36(3)28-33-18-20(29)27(34-28)39(30)23-10-8-21-25(32-12-11-31-21)26(23)37(4)41-5/h7-12,17-18H,6,13-16H2,1-5H3. The zero-order valence-corrected chi connectivity index (χ0v) is 28.3. The SMILES string of the molecule is CCOc1cc(N2CCN(C)CC2)ccc1N(C)c1ncc(Br)c(N(I)c2ccc3nccnc3c2N(C)SC)n1. The van der Waals surface area contributed by atoms with Gasteiger partial charge in [0.05, 0.1) is 56.5 Å². The van der Waals surface area contributed by atoms with Gasteiger partial charge in [0.2, 0.25) is 5.95 Å². The maximum Gasteiger partial charge on any atom is 0.231 e. The molecule has 0 N–H and O–H groups in total. The van der Waals surface area contributed by atoms with Gasteiger partial charge < -0.3 is 23.7 Å². The normalized spacial score (nSPS) is 13.9. The van der Waals surface area contributed by atoms with Crippen molar-refractivity contribution in [2.24, 2.45) is 0 Å². The highest BCUT2D eigenvalue weighted by Gasteiger charge is 2.24. The molecule has 0 bridgehead atoms. The summed E-state index contributed by atoms with van der Waals surface area (Å²) in [7, 11) is 6.16. The molecule has 1 fully saturated rings. The van der Waals surface area contributed by atoms with Gasteiger partial charge in [-0.15, -0.1) is 0 Å². The van der Waals surface area contributed by atoms with Crippen molar-refractivity contribution >= 4 is 96.3 Å². The number of halogens is 2. The van der Waals surface area contributed by atoms with E-state index >= 15 is 0 Å². The van der Waals surface area contributed by atoms with Crippen LogP contribution in [0.5, 0.6) is 5.75 Å². The molecule has 2 aromatic carbocycles. The van der Waals surface area contributed by atoms with Crippen molar-refractivity contribution in [3.63, 3.8) is 0 Å². The molecule has 0 unspecified atom stereocenters. The summed E-state index contributed by atoms with van der Waals surface area (Å²) in [6.45, 7) is 6.66. The first kappa shape index (κ1) is 29.9. The molecular weight excluding hydrogens is 717 g/mol. The number of anilines is 6. The Labute approximate surface area is 267 Å². The van der Waals surface area contributed by atoms with Crippen molar-refractivity contribution < 1.29 is 4.74 Å². The molecule has 0 atom stereocenters. The van der Waals surface area contributed by atoms with E-state index in [0.29, 0.717) is 18.4 Å². The second-order valence-electron chi connectivity index (χ2n) is 9.59. The Morgan fingerprint density at radius 2 is 1.76 bits per heavy atom. The zero-order chi connectivity index (χ0) is 29.1. The lowest BCUT2D eigenvalue weighted by Gasteiger charge is -2.34. The smallest absolute Gasteiger partial charge is 0.231 e. The van der Waals surface area contributed by atoms with Gasteiger partial charge in [-0.05, 0) is 54.2 Å². The van der Waals surface area contributed by atoms with Crippen LogP contribution in [0.1, 0.15) is 6.92 Å². The first-order chi connectivity index (χ1) is 19.8. The second kappa shape index (κ2) is 13.1. The number of likely N-dealkylation sites (N-methyl/N-ethyl adjacent to an activating group) is 1. The first-order valence-electron chi connectivity index (χ1n) is 13.3. The van der Waals surface area contributed by atoms with Gasteiger partial charge in [-0.3, -0.25) is 13.1 Å². The molecule has 216 valence electrons. The lowest BCUT2D eigenvalue weighted by molar-refractivity contribution is 0.312. The predicted octanol–water partition coefficient (Wildman–Crippen LogP) is 6.30. The Bertz CT molecular complexity index is 1520. The molecule has 1 saturated heterocycles. The molecule has 2 aromatic heterocycles. The van der Waals surface area contributed by atoms with Gasteiger partial charge in [-0.25, -0.2) is 4.98 Å². The van der Waals surface area contributed by atoms with Gasteiger partial charge in [0.1, 0.15) is 11.3 Å². The fourth-order valence-corrected chi connectivity index (χ4v) is 6.57. The van der Waals surface area contributed by atoms with Crippen LogP contribution in [0.2, 0.25) is 0 Å². The number of nitrogens with zero attached hydrogens (tertiary/aromatic N) is 9. The highest BCUT2D eigenvalue weighted by molar-refractivity contribution is 14.1. The first-order valence-corrected chi connectivity index (χ1v) is 16.2. The van der Waals surface area contributed by atoms with Crippen LogP contribution >= 0.6 is 50.7 Å². The van der Waals surface area contributed by atoms with Crippen LogP contribution in [-0.2, 0) is 0 Å². The van der Waals surface area contributed by atoms with Gasteiger partial charge in [-0.2, -0.15) is 4.98 Å². The van der Waals surface area contributed by atoms with Crippen LogP contribution in [0, 0.1) is 0 Å². The third-order valence-electron chi connectivity index (χ3n) is 7.06. The van der Waals surface area contributed by atoms with E-state index in [9.17, 15) is 0 Å². The van der Waals surface area contributed by atoms with Crippen molar-refractivity contribution in [1.82, 2.24) is 24.8 Å². The number of ether oxygens (including phenoxy) is 1. The molecule has 0 saturated carbocycles. The van der Waals surface area contributed by atoms with Crippen molar-refractivity contribution in [3.8, 4) is 5.75 Å². The number of aromatic nitrogens is 4. The lowest BCUT2D eigenvalue weighted by atomic mass is 10.2. The molecule has 1 aliphatic heterocycles. The summed E-state index contributed by atoms with van der Waals surface area (Å²) >= 11 is 7.59. The maximum atomic E-state index is 6.12. The van der Waals surface area contributed by atoms with Crippen molar-refractivity contribution in [1.29, 1.82) is 0 Å². The van der Waals surface area contributed by atoms with E-state index in [0.717, 1.165) is 64.5 Å². The molecule has 0 aliphatic carbocycles. The number of hydrogen-bond acceptors (Lipinski definition) is 11. The number of rotatable bonds is 9. The minimum absolute atomic E-state index is 0.554. The predicted molar refractivity (Wildman–Crippen MR) is 183 cm³/mol. The molecule has 0 amide bonds. The molecule has 13 heteroatoms. The van der Waals surface area contributed by atoms with Crippen molar-refractivity contribution in [3.05, 3.63) is 53.4 Å². The average Bonchev–Trinajstić information content (AvgIpc) is 3.00. The molecule has 1 aliphatic rings. The fourth-order valence-electron chi connectivity index (χ4n) is 4.75. The van der Waals surface area contributed by atoms with Gasteiger partial charge >= 0.3 is 0 Å². The summed E-state index contributed by atoms with van der Waals surface area (Å²) in [4.78, 5) is 25.6. The topological polar surface area (TPSA) is 77.0 Å². The van der Waals surface area contributed by atoms with Crippen LogP contribution in [0.25, 0.3) is 11.0 Å². The number of fused-ring (bicyclic) bond motifs is 1. The van der Waals surface area contributed by atoms with Crippen LogP contribution in [0.15, 0.2) is 53.4 Å². The third kappa shape index (κ3) is 6.27. The maximum absolute atomic E-state index is 6.12. The van der Waals surface area contributed by atoms with Crippen LogP contribution < -0.4 is 22.0 Å². The largest absolute Gasteiger partial charge is 0.492 e. The summed E-state index contributed by atoms with van der Waals surface area (Å²) in [6, 6.07) is 10.4. The van der Waals surface area contributed by atoms with Gasteiger partial charge in [0.15, 0.2) is 5.82 Å². The Kier molecular flexibility index (Phi) is 9.56. The molecule has 4 aromatic rings. The van der Waals surface area contributed by atoms with E-state index in [1.54, 1.807) is 30.5 Å². The Balaban J connectivity index is 1.50. The van der Waals surface area contributed by atoms with E-state index in [-0.39, 0.29) is 0 Å². The molecule has 10 nitrogen and oxygen atoms in total. The van der Waals surface area contributed by atoms with Crippen LogP contribution in [0.4, 0.5) is 34.5 Å². The monoisotopic (exact) mass is 749 g/mol. The molecule has 0 spiro atoms. The average molecular weight is 751 g/mol. The summed E-state index contributed by atoms with van der Waals surface area (Å²) in [5.41, 5.74) is 5.63. The fraction of sp³-hybridized carbons (Fsp3) is 0.357. The van der Waals surface area contributed by atoms with E-state index in [4.69, 9.17) is 9.72 Å². The second-order valence-corrected chi connectivity index (χ2v) is 12.3. The van der Waals surface area contributed by atoms with Gasteiger partial charge in [0, 0.05) is 76.9 Å². The number of piperazine rings is 1. The van der Waals surface area contributed by atoms with Gasteiger partial charge in [-0.1, -0.05) is 11.9 Å². The molecule has 5 rings (SSSR count). The minimum Gasteiger partial charge on any atom is -0.492 e. The van der Waals surface area contributed by atoms with Crippen molar-refractivity contribution in [2.45, 2.75) is 6.92 Å². The Morgan fingerprint density at radius 3 is 2.49 bits per heavy atom. The summed E-state index contributed by atoms with van der Waals surface area (Å²) in [5, 5.41) is 0. The number of benzene rings is 2. The highest BCUT2D eigenvalue weighted by Crippen LogP contribution is 2.44. The molecule has 41 heavy (non-hydrogen) atoms. The van der Waals surface area contributed by atoms with E-state index in [1.165, 1.54) is 5.69 Å². The molecule has 0 radical (unpaired) electrons. The molecular formula is C28H33BrIN9OS. The van der Waals surface area contributed by atoms with E-state index in [2.05, 4.69) is 93.1 Å². The van der Waals surface area contributed by atoms with Crippen molar-refractivity contribution in [2.75, 3.05) is 77.4 Å². The summed E-state index contributed by atoms with van der Waals surface area (Å²) < 4.78 is 11.0. The number of hydrogen-bond donors (Lipinski definition) is 0. The van der Waals surface area contributed by atoms with Gasteiger partial charge in [0.25, 0.3) is 0 Å². The zero-order valence-electron chi connectivity index (χ0n) is 23.8. The highest BCUT2D eigenvalue weighted by atomic mass is 127. The Hall–Kier alpha value is -2.62. The van der Waals surface area contributed by atoms with Crippen LogP contribution in [0.3, 0.4) is 0 Å². The summed E-state index contributed by atoms with van der Waals surface area (Å²) in [6.07, 6.45) is 7.26. The van der Waals surface area contributed by atoms with E-state index in [1.807, 2.05) is 47.4 Å². The molecule has 3 heterocycles. The Morgan fingerprint density at radius 1 is 1.02 bits per heavy atom. The lowest BCUT2D eigenvalue weighted by Crippen LogP contribution is -2.44. The van der Waals surface area contributed by atoms with Crippen LogP contribution in [-0.4, -0.2) is 85.0 Å². The quantitative estimate of drug-likeness (QED) is 0.110. The minimum atomic E-state index is 0.554. The third-order valence-corrected chi connectivity index (χ3v) is 9.33. The summed E-state index contributed by atoms with van der Waals surface area (Å²) in [5.74, 6) is 2.08.